The highest BCUT2D eigenvalue weighted by Gasteiger charge is 2.31. The van der Waals surface area contributed by atoms with Gasteiger partial charge in [-0.15, -0.1) is 0 Å². The van der Waals surface area contributed by atoms with Gasteiger partial charge in [-0.1, -0.05) is 109 Å². The van der Waals surface area contributed by atoms with E-state index < -0.39 is 33.3 Å². The molecule has 0 heterocycles. The Kier molecular flexibility index (Phi) is 11.9. The van der Waals surface area contributed by atoms with Crippen LogP contribution in [0.1, 0.15) is 27.8 Å². The van der Waals surface area contributed by atoms with E-state index in [1.807, 2.05) is 108 Å². The van der Waals surface area contributed by atoms with Crippen molar-refractivity contribution in [3.63, 3.8) is 0 Å². The average Bonchev–Trinajstić information content (AvgIpc) is 3.31. The van der Waals surface area contributed by atoms with Gasteiger partial charge in [-0.2, -0.15) is 26.3 Å². The van der Waals surface area contributed by atoms with Crippen molar-refractivity contribution in [3.8, 4) is 33.4 Å². The number of halogens is 6. The quantitative estimate of drug-likeness (QED) is 0.0559. The number of hydrogen-bond donors (Lipinski definition) is 0. The van der Waals surface area contributed by atoms with E-state index in [2.05, 4.69) is 0 Å². The maximum atomic E-state index is 13.2. The van der Waals surface area contributed by atoms with Gasteiger partial charge in [0.25, 0.3) is 11.4 Å². The average molecular weight is 878 g/mol. The lowest BCUT2D eigenvalue weighted by Crippen LogP contribution is -2.10. The largest absolute Gasteiger partial charge is 0.416 e. The third kappa shape index (κ3) is 9.84. The molecule has 0 aliphatic rings. The highest BCUT2D eigenvalue weighted by Crippen LogP contribution is 2.39. The van der Waals surface area contributed by atoms with Gasteiger partial charge in [0.2, 0.25) is 0 Å². The standard InChI is InChI=1S/C52H33F6N3O4/c53-51(54,55)43-19-13-38(14-20-43)36-5-9-41(10-6-36)50(42-11-7-37(8-12-42)39-15-21-44(22-16-39)52(56,57)58)33-34-1-3-35(4-2-34)40-17-23-45(24-18-40)59(46-25-29-48(30-26-46)60(62)63)47-27-31-49(32-28-47)61(64)65/h1-33H. The van der Waals surface area contributed by atoms with Crippen molar-refractivity contribution in [2.75, 3.05) is 4.90 Å². The van der Waals surface area contributed by atoms with Gasteiger partial charge in [-0.25, -0.2) is 0 Å². The molecule has 8 aromatic carbocycles. The van der Waals surface area contributed by atoms with Gasteiger partial charge in [0.1, 0.15) is 0 Å². The summed E-state index contributed by atoms with van der Waals surface area (Å²) in [5.74, 6) is 0. The van der Waals surface area contributed by atoms with Gasteiger partial charge in [0, 0.05) is 41.3 Å². The molecule has 0 spiro atoms. The Morgan fingerprint density at radius 2 is 0.646 bits per heavy atom. The topological polar surface area (TPSA) is 89.5 Å². The number of anilines is 3. The Morgan fingerprint density at radius 1 is 0.385 bits per heavy atom. The summed E-state index contributed by atoms with van der Waals surface area (Å²) in [6.45, 7) is 0. The third-order valence-electron chi connectivity index (χ3n) is 10.8. The van der Waals surface area contributed by atoms with E-state index >= 15 is 0 Å². The first-order valence-corrected chi connectivity index (χ1v) is 19.9. The molecule has 0 bridgehead atoms. The number of benzene rings is 8. The van der Waals surface area contributed by atoms with Crippen LogP contribution in [0.25, 0.3) is 45.0 Å². The first-order chi connectivity index (χ1) is 31.1. The van der Waals surface area contributed by atoms with E-state index in [-0.39, 0.29) is 11.4 Å². The van der Waals surface area contributed by atoms with Gasteiger partial charge in [-0.3, -0.25) is 20.2 Å². The van der Waals surface area contributed by atoms with E-state index in [0.29, 0.717) is 28.2 Å². The fourth-order valence-electron chi connectivity index (χ4n) is 7.36. The molecule has 0 unspecified atom stereocenters. The molecule has 8 aromatic rings. The molecule has 0 aromatic heterocycles. The number of nitro benzene ring substituents is 2. The normalized spacial score (nSPS) is 11.5. The molecule has 0 aliphatic heterocycles. The van der Waals surface area contributed by atoms with Gasteiger partial charge in [0.15, 0.2) is 0 Å². The molecule has 322 valence electrons. The van der Waals surface area contributed by atoms with Gasteiger partial charge in [-0.05, 0) is 122 Å². The summed E-state index contributed by atoms with van der Waals surface area (Å²) in [4.78, 5) is 23.5. The zero-order chi connectivity index (χ0) is 45.9. The molecular formula is C52H33F6N3O4. The predicted octanol–water partition coefficient (Wildman–Crippen LogP) is 15.6. The molecule has 0 saturated carbocycles. The van der Waals surface area contributed by atoms with Crippen LogP contribution in [-0.4, -0.2) is 9.85 Å². The SMILES string of the molecule is O=[N+]([O-])c1ccc(N(c2ccc(-c3ccc(C=C(c4ccc(-c5ccc(C(F)(F)F)cc5)cc4)c4ccc(-c5ccc(C(F)(F)F)cc5)cc4)cc3)cc2)c2ccc([N+](=O)[O-])cc2)cc1. The van der Waals surface area contributed by atoms with Crippen LogP contribution in [0.3, 0.4) is 0 Å². The maximum Gasteiger partial charge on any atom is 0.416 e. The van der Waals surface area contributed by atoms with E-state index in [0.717, 1.165) is 68.8 Å². The molecule has 65 heavy (non-hydrogen) atoms. The monoisotopic (exact) mass is 877 g/mol. The second-order valence-corrected chi connectivity index (χ2v) is 14.9. The van der Waals surface area contributed by atoms with Gasteiger partial charge >= 0.3 is 12.4 Å². The van der Waals surface area contributed by atoms with Gasteiger partial charge in [0.05, 0.1) is 21.0 Å². The minimum absolute atomic E-state index is 0.0812. The molecule has 0 saturated heterocycles. The summed E-state index contributed by atoms with van der Waals surface area (Å²) in [6, 6.07) is 52.2. The fourth-order valence-corrected chi connectivity index (χ4v) is 7.36. The molecule has 0 N–H and O–H groups in total. The number of nitrogens with zero attached hydrogens (tertiary/aromatic N) is 3. The van der Waals surface area contributed by atoms with Crippen molar-refractivity contribution in [2.24, 2.45) is 0 Å². The van der Waals surface area contributed by atoms with Crippen molar-refractivity contribution < 1.29 is 36.2 Å². The van der Waals surface area contributed by atoms with E-state index in [4.69, 9.17) is 0 Å². The molecule has 0 radical (unpaired) electrons. The maximum absolute atomic E-state index is 13.2. The summed E-state index contributed by atoms with van der Waals surface area (Å²) >= 11 is 0. The summed E-state index contributed by atoms with van der Waals surface area (Å²) in [5.41, 5.74) is 8.02. The van der Waals surface area contributed by atoms with Crippen LogP contribution in [0.5, 0.6) is 0 Å². The fraction of sp³-hybridized carbons (Fsp3) is 0.0385. The van der Waals surface area contributed by atoms with E-state index in [1.165, 1.54) is 48.5 Å². The zero-order valence-electron chi connectivity index (χ0n) is 33.8. The molecule has 0 fully saturated rings. The molecule has 0 amide bonds. The van der Waals surface area contributed by atoms with Crippen LogP contribution in [-0.2, 0) is 12.4 Å². The number of hydrogen-bond acceptors (Lipinski definition) is 5. The second kappa shape index (κ2) is 17.8. The Hall–Kier alpha value is -8.32. The minimum atomic E-state index is -4.45. The number of non-ortho nitro benzene ring substituents is 2. The summed E-state index contributed by atoms with van der Waals surface area (Å²) in [6.07, 6.45) is -6.90. The Bertz CT molecular complexity index is 2830. The van der Waals surface area contributed by atoms with Crippen molar-refractivity contribution in [2.45, 2.75) is 12.4 Å². The predicted molar refractivity (Wildman–Crippen MR) is 241 cm³/mol. The van der Waals surface area contributed by atoms with Crippen LogP contribution < -0.4 is 4.90 Å². The van der Waals surface area contributed by atoms with Crippen molar-refractivity contribution in [1.29, 1.82) is 0 Å². The van der Waals surface area contributed by atoms with Crippen LogP contribution >= 0.6 is 0 Å². The first kappa shape index (κ1) is 43.3. The first-order valence-electron chi connectivity index (χ1n) is 19.9. The Balaban J connectivity index is 1.10. The van der Waals surface area contributed by atoms with E-state index in [9.17, 15) is 46.6 Å². The molecule has 13 heteroatoms. The highest BCUT2D eigenvalue weighted by atomic mass is 19.4. The molecular weight excluding hydrogens is 845 g/mol. The lowest BCUT2D eigenvalue weighted by atomic mass is 9.92. The minimum Gasteiger partial charge on any atom is -0.310 e. The number of nitro groups is 2. The zero-order valence-corrected chi connectivity index (χ0v) is 33.8. The lowest BCUT2D eigenvalue weighted by Gasteiger charge is -2.25. The lowest BCUT2D eigenvalue weighted by molar-refractivity contribution is -0.385. The highest BCUT2D eigenvalue weighted by molar-refractivity contribution is 5.92. The van der Waals surface area contributed by atoms with Crippen LogP contribution in [0.15, 0.2) is 194 Å². The smallest absolute Gasteiger partial charge is 0.310 e. The summed E-state index contributed by atoms with van der Waals surface area (Å²) in [7, 11) is 0. The van der Waals surface area contributed by atoms with Crippen LogP contribution in [0, 0.1) is 20.2 Å². The summed E-state index contributed by atoms with van der Waals surface area (Å²) < 4.78 is 79.3. The number of alkyl halides is 6. The van der Waals surface area contributed by atoms with Crippen LogP contribution in [0.2, 0.25) is 0 Å². The molecule has 7 nitrogen and oxygen atoms in total. The van der Waals surface area contributed by atoms with Gasteiger partial charge < -0.3 is 4.90 Å². The summed E-state index contributed by atoms with van der Waals surface area (Å²) in [5, 5.41) is 22.7. The van der Waals surface area contributed by atoms with E-state index in [1.54, 1.807) is 24.3 Å². The number of rotatable bonds is 11. The van der Waals surface area contributed by atoms with Crippen molar-refractivity contribution >= 4 is 40.1 Å². The Morgan fingerprint density at radius 3 is 0.938 bits per heavy atom. The Labute approximate surface area is 368 Å². The molecule has 8 rings (SSSR count). The molecule has 0 atom stereocenters. The van der Waals surface area contributed by atoms with Crippen LogP contribution in [0.4, 0.5) is 54.8 Å². The van der Waals surface area contributed by atoms with Crippen molar-refractivity contribution in [3.05, 3.63) is 242 Å². The molecule has 0 aliphatic carbocycles. The van der Waals surface area contributed by atoms with Crippen molar-refractivity contribution in [1.82, 2.24) is 0 Å². The second-order valence-electron chi connectivity index (χ2n) is 14.9. The third-order valence-corrected chi connectivity index (χ3v) is 10.8.